The number of hydrogen-bond acceptors (Lipinski definition) is 6. The van der Waals surface area contributed by atoms with Gasteiger partial charge in [-0.25, -0.2) is 9.97 Å². The Hall–Kier alpha value is -1.40. The smallest absolute Gasteiger partial charge is 0.134 e. The van der Waals surface area contributed by atoms with E-state index >= 15 is 0 Å². The number of aryl methyl sites for hydroxylation is 1. The topological polar surface area (TPSA) is 93.3 Å². The highest BCUT2D eigenvalue weighted by Gasteiger charge is 2.20. The first-order valence-corrected chi connectivity index (χ1v) is 6.47. The van der Waals surface area contributed by atoms with Crippen LogP contribution in [0.4, 0.5) is 11.6 Å². The molecule has 0 saturated carbocycles. The molecule has 1 unspecified atom stereocenters. The van der Waals surface area contributed by atoms with Crippen LogP contribution in [0.25, 0.3) is 0 Å². The minimum absolute atomic E-state index is 0.386. The van der Waals surface area contributed by atoms with E-state index in [0.29, 0.717) is 37.0 Å². The highest BCUT2D eigenvalue weighted by atomic mass is 16.5. The first kappa shape index (κ1) is 15.7. The van der Waals surface area contributed by atoms with Crippen LogP contribution in [0.3, 0.4) is 0 Å². The second kappa shape index (κ2) is 6.68. The van der Waals surface area contributed by atoms with Crippen molar-refractivity contribution in [3.05, 3.63) is 11.4 Å². The summed E-state index contributed by atoms with van der Waals surface area (Å²) in [6.45, 7) is 6.50. The molecule has 0 spiro atoms. The molecule has 1 heterocycles. The molecule has 0 amide bonds. The summed E-state index contributed by atoms with van der Waals surface area (Å²) in [6.07, 6.45) is 1.27. The number of nitrogens with one attached hydrogen (secondary N) is 1. The van der Waals surface area contributed by atoms with E-state index in [1.165, 1.54) is 0 Å². The van der Waals surface area contributed by atoms with Gasteiger partial charge in [-0.1, -0.05) is 6.92 Å². The molecule has 108 valence electrons. The van der Waals surface area contributed by atoms with E-state index in [0.717, 1.165) is 12.0 Å². The van der Waals surface area contributed by atoms with E-state index in [1.807, 2.05) is 13.8 Å². The van der Waals surface area contributed by atoms with Crippen LogP contribution in [0.1, 0.15) is 31.7 Å². The number of aliphatic hydroxyl groups is 1. The van der Waals surface area contributed by atoms with E-state index in [9.17, 15) is 5.11 Å². The second-order valence-corrected chi connectivity index (χ2v) is 4.95. The van der Waals surface area contributed by atoms with Gasteiger partial charge in [-0.05, 0) is 13.8 Å². The highest BCUT2D eigenvalue weighted by molar-refractivity contribution is 5.54. The van der Waals surface area contributed by atoms with Crippen molar-refractivity contribution >= 4 is 11.6 Å². The molecule has 0 aliphatic heterocycles. The number of methoxy groups -OCH3 is 1. The molecule has 4 N–H and O–H groups in total. The SMILES string of the molecule is CCc1nc(N)c(C)c(NCC(C)(O)CCOC)n1. The first-order valence-electron chi connectivity index (χ1n) is 6.47. The fraction of sp³-hybridized carbons (Fsp3) is 0.692. The fourth-order valence-electron chi connectivity index (χ4n) is 1.60. The molecular weight excluding hydrogens is 244 g/mol. The third-order valence-electron chi connectivity index (χ3n) is 3.03. The molecule has 1 atom stereocenters. The Bertz CT molecular complexity index is 421. The van der Waals surface area contributed by atoms with Gasteiger partial charge in [0, 0.05) is 38.7 Å². The molecule has 1 aromatic rings. The van der Waals surface area contributed by atoms with E-state index < -0.39 is 5.60 Å². The summed E-state index contributed by atoms with van der Waals surface area (Å²) < 4.78 is 4.98. The average molecular weight is 268 g/mol. The summed E-state index contributed by atoms with van der Waals surface area (Å²) >= 11 is 0. The quantitative estimate of drug-likeness (QED) is 0.686. The minimum atomic E-state index is -0.853. The maximum Gasteiger partial charge on any atom is 0.134 e. The number of hydrogen-bond donors (Lipinski definition) is 3. The van der Waals surface area contributed by atoms with Crippen molar-refractivity contribution in [1.82, 2.24) is 9.97 Å². The number of rotatable bonds is 7. The normalized spacial score (nSPS) is 14.2. The van der Waals surface area contributed by atoms with Gasteiger partial charge in [0.05, 0.1) is 5.60 Å². The molecule has 1 aromatic heterocycles. The first-order chi connectivity index (χ1) is 8.89. The van der Waals surface area contributed by atoms with Crippen molar-refractivity contribution in [3.63, 3.8) is 0 Å². The van der Waals surface area contributed by atoms with E-state index in [1.54, 1.807) is 14.0 Å². The van der Waals surface area contributed by atoms with Gasteiger partial charge < -0.3 is 20.9 Å². The Morgan fingerprint density at radius 1 is 1.42 bits per heavy atom. The Balaban J connectivity index is 2.74. The highest BCUT2D eigenvalue weighted by Crippen LogP contribution is 2.19. The number of anilines is 2. The summed E-state index contributed by atoms with van der Waals surface area (Å²) in [4.78, 5) is 8.58. The predicted octanol–water partition coefficient (Wildman–Crippen LogP) is 1.13. The Morgan fingerprint density at radius 2 is 2.11 bits per heavy atom. The van der Waals surface area contributed by atoms with Crippen LogP contribution in [0, 0.1) is 6.92 Å². The zero-order valence-electron chi connectivity index (χ0n) is 12.2. The monoisotopic (exact) mass is 268 g/mol. The van der Waals surface area contributed by atoms with Crippen molar-refractivity contribution < 1.29 is 9.84 Å². The van der Waals surface area contributed by atoms with Crippen molar-refractivity contribution in [2.24, 2.45) is 0 Å². The van der Waals surface area contributed by atoms with E-state index in [2.05, 4.69) is 15.3 Å². The van der Waals surface area contributed by atoms with Crippen LogP contribution in [0.15, 0.2) is 0 Å². The lowest BCUT2D eigenvalue weighted by Gasteiger charge is -2.24. The molecule has 6 nitrogen and oxygen atoms in total. The number of nitrogen functional groups attached to an aromatic ring is 1. The average Bonchev–Trinajstić information content (AvgIpc) is 2.38. The Labute approximate surface area is 114 Å². The number of nitrogens with zero attached hydrogens (tertiary/aromatic N) is 2. The Kier molecular flexibility index (Phi) is 5.50. The molecule has 0 aromatic carbocycles. The standard InChI is InChI=1S/C13H24N4O2/c1-5-10-16-11(14)9(2)12(17-10)15-8-13(3,18)6-7-19-4/h18H,5-8H2,1-4H3,(H3,14,15,16,17). The molecule has 0 aliphatic carbocycles. The molecule has 0 aliphatic rings. The zero-order chi connectivity index (χ0) is 14.5. The third-order valence-corrected chi connectivity index (χ3v) is 3.03. The Morgan fingerprint density at radius 3 is 2.68 bits per heavy atom. The summed E-state index contributed by atoms with van der Waals surface area (Å²) in [5, 5.41) is 13.3. The molecule has 0 radical (unpaired) electrons. The van der Waals surface area contributed by atoms with Crippen LogP contribution in [-0.2, 0) is 11.2 Å². The summed E-state index contributed by atoms with van der Waals surface area (Å²) in [5.41, 5.74) is 5.80. The molecule has 0 fully saturated rings. The number of nitrogens with two attached hydrogens (primary N) is 1. The van der Waals surface area contributed by atoms with Gasteiger partial charge in [-0.15, -0.1) is 0 Å². The van der Waals surface area contributed by atoms with Gasteiger partial charge in [0.15, 0.2) is 0 Å². The van der Waals surface area contributed by atoms with Gasteiger partial charge >= 0.3 is 0 Å². The van der Waals surface area contributed by atoms with Crippen molar-refractivity contribution in [3.8, 4) is 0 Å². The number of aromatic nitrogens is 2. The van der Waals surface area contributed by atoms with Crippen molar-refractivity contribution in [2.75, 3.05) is 31.3 Å². The molecule has 0 saturated heterocycles. The summed E-state index contributed by atoms with van der Waals surface area (Å²) in [6, 6.07) is 0. The van der Waals surface area contributed by atoms with Crippen LogP contribution < -0.4 is 11.1 Å². The van der Waals surface area contributed by atoms with Crippen LogP contribution in [-0.4, -0.2) is 40.9 Å². The van der Waals surface area contributed by atoms with Gasteiger partial charge in [-0.2, -0.15) is 0 Å². The largest absolute Gasteiger partial charge is 0.388 e. The summed E-state index contributed by atoms with van der Waals surface area (Å²) in [7, 11) is 1.62. The fourth-order valence-corrected chi connectivity index (χ4v) is 1.60. The van der Waals surface area contributed by atoms with Gasteiger partial charge in [0.2, 0.25) is 0 Å². The van der Waals surface area contributed by atoms with Gasteiger partial charge in [-0.3, -0.25) is 0 Å². The van der Waals surface area contributed by atoms with Gasteiger partial charge in [0.25, 0.3) is 0 Å². The molecule has 0 bridgehead atoms. The minimum Gasteiger partial charge on any atom is -0.388 e. The van der Waals surface area contributed by atoms with Crippen LogP contribution in [0.5, 0.6) is 0 Å². The third kappa shape index (κ3) is 4.65. The van der Waals surface area contributed by atoms with Gasteiger partial charge in [0.1, 0.15) is 17.5 Å². The number of ether oxygens (including phenoxy) is 1. The van der Waals surface area contributed by atoms with Crippen LogP contribution in [0.2, 0.25) is 0 Å². The summed E-state index contributed by atoms with van der Waals surface area (Å²) in [5.74, 6) is 1.86. The van der Waals surface area contributed by atoms with E-state index in [4.69, 9.17) is 10.5 Å². The predicted molar refractivity (Wildman–Crippen MR) is 76.2 cm³/mol. The molecular formula is C13H24N4O2. The maximum absolute atomic E-state index is 10.2. The van der Waals surface area contributed by atoms with Crippen LogP contribution >= 0.6 is 0 Å². The van der Waals surface area contributed by atoms with E-state index in [-0.39, 0.29) is 0 Å². The lowest BCUT2D eigenvalue weighted by molar-refractivity contribution is 0.0357. The second-order valence-electron chi connectivity index (χ2n) is 4.95. The molecule has 1 rings (SSSR count). The van der Waals surface area contributed by atoms with Crippen molar-refractivity contribution in [1.29, 1.82) is 0 Å². The zero-order valence-corrected chi connectivity index (χ0v) is 12.2. The lowest BCUT2D eigenvalue weighted by Crippen LogP contribution is -2.35. The van der Waals surface area contributed by atoms with Crippen molar-refractivity contribution in [2.45, 2.75) is 39.2 Å². The molecule has 6 heteroatoms. The maximum atomic E-state index is 10.2. The lowest BCUT2D eigenvalue weighted by atomic mass is 10.0. The molecule has 19 heavy (non-hydrogen) atoms.